The summed E-state index contributed by atoms with van der Waals surface area (Å²) in [6, 6.07) is 13.5. The lowest BCUT2D eigenvalue weighted by Crippen LogP contribution is -2.10. The lowest BCUT2D eigenvalue weighted by molar-refractivity contribution is 0.0592. The van der Waals surface area contributed by atoms with Gasteiger partial charge in [0.2, 0.25) is 0 Å². The van der Waals surface area contributed by atoms with E-state index < -0.39 is 5.97 Å². The third-order valence-corrected chi connectivity index (χ3v) is 5.03. The maximum absolute atomic E-state index is 12.0. The number of pyridine rings is 1. The van der Waals surface area contributed by atoms with Gasteiger partial charge in [0.25, 0.3) is 0 Å². The fourth-order valence-corrected chi connectivity index (χ4v) is 3.60. The molecule has 0 fully saturated rings. The average Bonchev–Trinajstić information content (AvgIpc) is 3.01. The summed E-state index contributed by atoms with van der Waals surface area (Å²) >= 11 is 0. The van der Waals surface area contributed by atoms with E-state index in [0.29, 0.717) is 23.2 Å². The van der Waals surface area contributed by atoms with Crippen LogP contribution in [0.25, 0.3) is 16.8 Å². The maximum atomic E-state index is 12.0. The van der Waals surface area contributed by atoms with Gasteiger partial charge < -0.3 is 9.30 Å². The quantitative estimate of drug-likeness (QED) is 0.627. The van der Waals surface area contributed by atoms with Crippen molar-refractivity contribution in [1.29, 1.82) is 10.5 Å². The minimum absolute atomic E-state index is 0.300. The van der Waals surface area contributed by atoms with Crippen molar-refractivity contribution in [1.82, 2.24) is 9.55 Å². The molecule has 0 saturated carbocycles. The molecule has 6 heteroatoms. The predicted octanol–water partition coefficient (Wildman–Crippen LogP) is 4.25. The molecule has 3 aromatic rings. The largest absolute Gasteiger partial charge is 0.464 e. The summed E-state index contributed by atoms with van der Waals surface area (Å²) < 4.78 is 6.79. The van der Waals surface area contributed by atoms with Gasteiger partial charge in [0.1, 0.15) is 6.07 Å². The van der Waals surface area contributed by atoms with E-state index in [-0.39, 0.29) is 0 Å². The van der Waals surface area contributed by atoms with Crippen LogP contribution in [0.1, 0.15) is 45.5 Å². The van der Waals surface area contributed by atoms with Gasteiger partial charge in [-0.3, -0.25) is 0 Å². The Morgan fingerprint density at radius 2 is 1.83 bits per heavy atom. The number of benzene rings is 1. The number of hydrogen-bond acceptors (Lipinski definition) is 5. The minimum Gasteiger partial charge on any atom is -0.464 e. The molecule has 0 bridgehead atoms. The number of nitrogens with zero attached hydrogens (tertiary/aromatic N) is 4. The second-order valence-corrected chi connectivity index (χ2v) is 6.60. The summed E-state index contributed by atoms with van der Waals surface area (Å²) in [7, 11) is 1.33. The molecular weight excluding hydrogens is 364 g/mol. The second-order valence-electron chi connectivity index (χ2n) is 6.60. The van der Waals surface area contributed by atoms with Gasteiger partial charge in [-0.05, 0) is 49.6 Å². The second kappa shape index (κ2) is 8.00. The molecule has 144 valence electrons. The molecule has 3 rings (SSSR count). The molecule has 0 spiro atoms. The molecule has 2 aromatic heterocycles. The SMILES string of the molecule is CCc1cc(-n2c(C)c(C#N)c(-c3ccc(C#N)cc3)c2C)cnc1C(=O)OC. The first kappa shape index (κ1) is 19.9. The van der Waals surface area contributed by atoms with Gasteiger partial charge in [-0.15, -0.1) is 0 Å². The zero-order valence-electron chi connectivity index (χ0n) is 16.8. The van der Waals surface area contributed by atoms with Crippen LogP contribution in [-0.4, -0.2) is 22.6 Å². The Labute approximate surface area is 169 Å². The van der Waals surface area contributed by atoms with Crippen molar-refractivity contribution in [3.63, 3.8) is 0 Å². The molecule has 29 heavy (non-hydrogen) atoms. The molecular formula is C23H20N4O2. The number of esters is 1. The van der Waals surface area contributed by atoms with Gasteiger partial charge >= 0.3 is 5.97 Å². The van der Waals surface area contributed by atoms with E-state index in [0.717, 1.165) is 33.8 Å². The first-order valence-electron chi connectivity index (χ1n) is 9.16. The fraction of sp³-hybridized carbons (Fsp3) is 0.217. The summed E-state index contributed by atoms with van der Waals surface area (Å²) in [6.45, 7) is 5.78. The topological polar surface area (TPSA) is 91.7 Å². The fourth-order valence-electron chi connectivity index (χ4n) is 3.60. The zero-order valence-corrected chi connectivity index (χ0v) is 16.8. The van der Waals surface area contributed by atoms with Crippen LogP contribution >= 0.6 is 0 Å². The number of nitriles is 2. The number of rotatable bonds is 4. The van der Waals surface area contributed by atoms with Crippen LogP contribution in [0, 0.1) is 36.5 Å². The normalized spacial score (nSPS) is 10.3. The molecule has 1 aromatic carbocycles. The van der Waals surface area contributed by atoms with Crippen LogP contribution in [0.4, 0.5) is 0 Å². The summed E-state index contributed by atoms with van der Waals surface area (Å²) in [5.41, 5.74) is 6.37. The van der Waals surface area contributed by atoms with E-state index in [1.165, 1.54) is 7.11 Å². The van der Waals surface area contributed by atoms with Crippen molar-refractivity contribution in [2.24, 2.45) is 0 Å². The summed E-state index contributed by atoms with van der Waals surface area (Å²) in [5, 5.41) is 18.8. The number of ether oxygens (including phenoxy) is 1. The van der Waals surface area contributed by atoms with Gasteiger partial charge in [0.15, 0.2) is 5.69 Å². The Hall–Kier alpha value is -3.90. The minimum atomic E-state index is -0.467. The van der Waals surface area contributed by atoms with Crippen molar-refractivity contribution in [3.05, 3.63) is 70.3 Å². The van der Waals surface area contributed by atoms with Crippen molar-refractivity contribution >= 4 is 5.97 Å². The van der Waals surface area contributed by atoms with Crippen LogP contribution in [0.3, 0.4) is 0 Å². The number of carbonyl (C=O) groups is 1. The number of methoxy groups -OCH3 is 1. The molecule has 0 aliphatic heterocycles. The highest BCUT2D eigenvalue weighted by Gasteiger charge is 2.21. The molecule has 0 N–H and O–H groups in total. The van der Waals surface area contributed by atoms with E-state index in [4.69, 9.17) is 10.00 Å². The lowest BCUT2D eigenvalue weighted by atomic mass is 10.0. The number of hydrogen-bond donors (Lipinski definition) is 0. The van der Waals surface area contributed by atoms with Crippen LogP contribution < -0.4 is 0 Å². The van der Waals surface area contributed by atoms with E-state index in [9.17, 15) is 10.1 Å². The molecule has 6 nitrogen and oxygen atoms in total. The van der Waals surface area contributed by atoms with Crippen molar-refractivity contribution in [2.75, 3.05) is 7.11 Å². The standard InChI is InChI=1S/C23H20N4O2/c1-5-17-10-19(13-26-22(17)23(28)29-4)27-14(2)20(12-25)21(15(27)3)18-8-6-16(11-24)7-9-18/h6-10,13H,5H2,1-4H3. The molecule has 0 aliphatic rings. The van der Waals surface area contributed by atoms with Gasteiger partial charge in [-0.1, -0.05) is 19.1 Å². The van der Waals surface area contributed by atoms with E-state index in [2.05, 4.69) is 17.1 Å². The third-order valence-electron chi connectivity index (χ3n) is 5.03. The Morgan fingerprint density at radius 3 is 2.38 bits per heavy atom. The van der Waals surface area contributed by atoms with Gasteiger partial charge in [-0.2, -0.15) is 10.5 Å². The van der Waals surface area contributed by atoms with Crippen LogP contribution in [0.2, 0.25) is 0 Å². The van der Waals surface area contributed by atoms with Crippen molar-refractivity contribution in [2.45, 2.75) is 27.2 Å². The average molecular weight is 384 g/mol. The molecule has 0 unspecified atom stereocenters. The highest BCUT2D eigenvalue weighted by Crippen LogP contribution is 2.34. The molecule has 0 atom stereocenters. The zero-order chi connectivity index (χ0) is 21.1. The molecule has 0 aliphatic carbocycles. The van der Waals surface area contributed by atoms with Crippen LogP contribution in [0.5, 0.6) is 0 Å². The number of aromatic nitrogens is 2. The van der Waals surface area contributed by atoms with E-state index in [1.807, 2.05) is 43.5 Å². The Morgan fingerprint density at radius 1 is 1.14 bits per heavy atom. The lowest BCUT2D eigenvalue weighted by Gasteiger charge is -2.13. The number of aryl methyl sites for hydroxylation is 1. The molecule has 0 radical (unpaired) electrons. The Balaban J connectivity index is 2.22. The summed E-state index contributed by atoms with van der Waals surface area (Å²) in [4.78, 5) is 16.3. The van der Waals surface area contributed by atoms with Gasteiger partial charge in [-0.25, -0.2) is 9.78 Å². The molecule has 0 amide bonds. The highest BCUT2D eigenvalue weighted by atomic mass is 16.5. The first-order chi connectivity index (χ1) is 14.0. The smallest absolute Gasteiger partial charge is 0.356 e. The molecule has 2 heterocycles. The number of carbonyl (C=O) groups excluding carboxylic acids is 1. The third kappa shape index (κ3) is 3.37. The van der Waals surface area contributed by atoms with Crippen molar-refractivity contribution < 1.29 is 9.53 Å². The Kier molecular flexibility index (Phi) is 5.47. The first-order valence-corrected chi connectivity index (χ1v) is 9.16. The monoisotopic (exact) mass is 384 g/mol. The van der Waals surface area contributed by atoms with Gasteiger partial charge in [0, 0.05) is 17.0 Å². The summed E-state index contributed by atoms with van der Waals surface area (Å²) in [6.07, 6.45) is 2.24. The van der Waals surface area contributed by atoms with Gasteiger partial charge in [0.05, 0.1) is 36.2 Å². The predicted molar refractivity (Wildman–Crippen MR) is 109 cm³/mol. The van der Waals surface area contributed by atoms with E-state index in [1.54, 1.807) is 18.3 Å². The summed E-state index contributed by atoms with van der Waals surface area (Å²) in [5.74, 6) is -0.467. The molecule has 0 saturated heterocycles. The van der Waals surface area contributed by atoms with E-state index >= 15 is 0 Å². The van der Waals surface area contributed by atoms with Crippen molar-refractivity contribution in [3.8, 4) is 29.0 Å². The van der Waals surface area contributed by atoms with Crippen LogP contribution in [-0.2, 0) is 11.2 Å². The maximum Gasteiger partial charge on any atom is 0.356 e. The highest BCUT2D eigenvalue weighted by molar-refractivity contribution is 5.89. The Bertz CT molecular complexity index is 1180. The van der Waals surface area contributed by atoms with Crippen LogP contribution in [0.15, 0.2) is 36.5 Å².